The van der Waals surface area contributed by atoms with Crippen molar-refractivity contribution in [2.75, 3.05) is 26.2 Å². The maximum Gasteiger partial charge on any atom is 0.257 e. The van der Waals surface area contributed by atoms with Crippen molar-refractivity contribution in [2.45, 2.75) is 39.0 Å². The smallest absolute Gasteiger partial charge is 0.257 e. The van der Waals surface area contributed by atoms with Gasteiger partial charge in [0.05, 0.1) is 11.8 Å². The fraction of sp³-hybridized carbons (Fsp3) is 0.706. The number of aryl methyl sites for hydroxylation is 1. The third-order valence-electron chi connectivity index (χ3n) is 5.30. The van der Waals surface area contributed by atoms with Crippen molar-refractivity contribution >= 4 is 11.8 Å². The molecule has 2 amide bonds. The Bertz CT molecular complexity index is 581. The number of carbonyl (C=O) groups excluding carboxylic acids is 2. The van der Waals surface area contributed by atoms with Crippen molar-refractivity contribution in [2.24, 2.45) is 13.0 Å². The van der Waals surface area contributed by atoms with E-state index in [0.717, 1.165) is 18.5 Å². The van der Waals surface area contributed by atoms with Gasteiger partial charge < -0.3 is 9.80 Å². The Morgan fingerprint density at radius 2 is 1.65 bits per heavy atom. The molecule has 2 heterocycles. The molecule has 1 aromatic heterocycles. The van der Waals surface area contributed by atoms with Crippen LogP contribution in [0.25, 0.3) is 0 Å². The molecule has 3 rings (SSSR count). The first-order valence-electron chi connectivity index (χ1n) is 8.64. The van der Waals surface area contributed by atoms with Gasteiger partial charge in [0.2, 0.25) is 5.91 Å². The van der Waals surface area contributed by atoms with Gasteiger partial charge >= 0.3 is 0 Å². The Morgan fingerprint density at radius 1 is 1.04 bits per heavy atom. The number of piperazine rings is 1. The SMILES string of the molecule is Cc1c(C(=O)N2CCN(C(=O)C3CCCCC3)CC2)cnn1C. The van der Waals surface area contributed by atoms with Crippen LogP contribution in [0.5, 0.6) is 0 Å². The van der Waals surface area contributed by atoms with Crippen LogP contribution < -0.4 is 0 Å². The summed E-state index contributed by atoms with van der Waals surface area (Å²) in [7, 11) is 1.84. The zero-order valence-corrected chi connectivity index (χ0v) is 14.1. The first kappa shape index (κ1) is 16.0. The molecule has 0 spiro atoms. The van der Waals surface area contributed by atoms with Gasteiger partial charge in [0, 0.05) is 44.8 Å². The van der Waals surface area contributed by atoms with Crippen LogP contribution in [0.3, 0.4) is 0 Å². The highest BCUT2D eigenvalue weighted by Gasteiger charge is 2.30. The molecular formula is C17H26N4O2. The fourth-order valence-corrected chi connectivity index (χ4v) is 3.62. The molecule has 0 aromatic carbocycles. The van der Waals surface area contributed by atoms with Gasteiger partial charge in [-0.2, -0.15) is 5.10 Å². The third kappa shape index (κ3) is 3.26. The minimum Gasteiger partial charge on any atom is -0.339 e. The summed E-state index contributed by atoms with van der Waals surface area (Å²) in [4.78, 5) is 28.9. The van der Waals surface area contributed by atoms with Gasteiger partial charge in [0.25, 0.3) is 5.91 Å². The number of carbonyl (C=O) groups is 2. The van der Waals surface area contributed by atoms with E-state index in [2.05, 4.69) is 5.10 Å². The standard InChI is InChI=1S/C17H26N4O2/c1-13-15(12-18-19(13)2)17(23)21-10-8-20(9-11-21)16(22)14-6-4-3-5-7-14/h12,14H,3-11H2,1-2H3. The van der Waals surface area contributed by atoms with Gasteiger partial charge in [0.15, 0.2) is 0 Å². The van der Waals surface area contributed by atoms with Crippen molar-refractivity contribution in [3.8, 4) is 0 Å². The van der Waals surface area contributed by atoms with Gasteiger partial charge in [-0.1, -0.05) is 19.3 Å². The second kappa shape index (κ2) is 6.72. The monoisotopic (exact) mass is 318 g/mol. The summed E-state index contributed by atoms with van der Waals surface area (Å²) in [6, 6.07) is 0. The summed E-state index contributed by atoms with van der Waals surface area (Å²) in [6.45, 7) is 4.45. The minimum absolute atomic E-state index is 0.0281. The highest BCUT2D eigenvalue weighted by atomic mass is 16.2. The van der Waals surface area contributed by atoms with E-state index in [1.165, 1.54) is 19.3 Å². The van der Waals surface area contributed by atoms with E-state index in [-0.39, 0.29) is 11.8 Å². The molecule has 1 aliphatic heterocycles. The molecule has 0 radical (unpaired) electrons. The molecule has 0 atom stereocenters. The van der Waals surface area contributed by atoms with Crippen molar-refractivity contribution in [3.05, 3.63) is 17.5 Å². The molecule has 0 unspecified atom stereocenters. The molecule has 0 N–H and O–H groups in total. The molecule has 0 bridgehead atoms. The Balaban J connectivity index is 1.56. The molecule has 1 aromatic rings. The second-order valence-electron chi connectivity index (χ2n) is 6.72. The molecular weight excluding hydrogens is 292 g/mol. The van der Waals surface area contributed by atoms with E-state index in [1.54, 1.807) is 10.9 Å². The third-order valence-corrected chi connectivity index (χ3v) is 5.30. The van der Waals surface area contributed by atoms with Crippen LogP contribution in [0.1, 0.15) is 48.2 Å². The fourth-order valence-electron chi connectivity index (χ4n) is 3.62. The van der Waals surface area contributed by atoms with E-state index in [4.69, 9.17) is 0 Å². The summed E-state index contributed by atoms with van der Waals surface area (Å²) >= 11 is 0. The van der Waals surface area contributed by atoms with Crippen LogP contribution in [0.15, 0.2) is 6.20 Å². The number of nitrogens with zero attached hydrogens (tertiary/aromatic N) is 4. The molecule has 6 heteroatoms. The maximum absolute atomic E-state index is 12.6. The molecule has 1 saturated carbocycles. The number of rotatable bonds is 2. The molecule has 1 saturated heterocycles. The lowest BCUT2D eigenvalue weighted by Crippen LogP contribution is -2.52. The van der Waals surface area contributed by atoms with Gasteiger partial charge in [-0.25, -0.2) is 0 Å². The number of hydrogen-bond donors (Lipinski definition) is 0. The summed E-state index contributed by atoms with van der Waals surface area (Å²) < 4.78 is 1.72. The highest BCUT2D eigenvalue weighted by molar-refractivity contribution is 5.95. The van der Waals surface area contributed by atoms with Crippen molar-refractivity contribution < 1.29 is 9.59 Å². The number of hydrogen-bond acceptors (Lipinski definition) is 3. The Kier molecular flexibility index (Phi) is 4.68. The van der Waals surface area contributed by atoms with E-state index in [1.807, 2.05) is 23.8 Å². The average molecular weight is 318 g/mol. The van der Waals surface area contributed by atoms with Crippen LogP contribution in [0.2, 0.25) is 0 Å². The topological polar surface area (TPSA) is 58.4 Å². The van der Waals surface area contributed by atoms with Crippen LogP contribution >= 0.6 is 0 Å². The molecule has 126 valence electrons. The largest absolute Gasteiger partial charge is 0.339 e. The predicted molar refractivity (Wildman–Crippen MR) is 87.0 cm³/mol. The lowest BCUT2D eigenvalue weighted by Gasteiger charge is -2.37. The second-order valence-corrected chi connectivity index (χ2v) is 6.72. The molecule has 1 aliphatic carbocycles. The van der Waals surface area contributed by atoms with E-state index in [0.29, 0.717) is 37.6 Å². The quantitative estimate of drug-likeness (QED) is 0.832. The van der Waals surface area contributed by atoms with Gasteiger partial charge in [-0.05, 0) is 19.8 Å². The van der Waals surface area contributed by atoms with Crippen LogP contribution in [0, 0.1) is 12.8 Å². The minimum atomic E-state index is 0.0281. The first-order valence-corrected chi connectivity index (χ1v) is 8.64. The van der Waals surface area contributed by atoms with Crippen molar-refractivity contribution in [3.63, 3.8) is 0 Å². The van der Waals surface area contributed by atoms with Gasteiger partial charge in [-0.3, -0.25) is 14.3 Å². The van der Waals surface area contributed by atoms with Crippen molar-refractivity contribution in [1.29, 1.82) is 0 Å². The zero-order chi connectivity index (χ0) is 16.4. The van der Waals surface area contributed by atoms with E-state index in [9.17, 15) is 9.59 Å². The van der Waals surface area contributed by atoms with Crippen LogP contribution in [-0.4, -0.2) is 57.6 Å². The summed E-state index contributed by atoms with van der Waals surface area (Å²) in [5.41, 5.74) is 1.55. The van der Waals surface area contributed by atoms with Crippen LogP contribution in [-0.2, 0) is 11.8 Å². The predicted octanol–water partition coefficient (Wildman–Crippen LogP) is 1.59. The zero-order valence-electron chi connectivity index (χ0n) is 14.1. The summed E-state index contributed by atoms with van der Waals surface area (Å²) in [5.74, 6) is 0.543. The van der Waals surface area contributed by atoms with Gasteiger partial charge in [0.1, 0.15) is 0 Å². The first-order chi connectivity index (χ1) is 11.1. The molecule has 2 aliphatic rings. The molecule has 6 nitrogen and oxygen atoms in total. The Hall–Kier alpha value is -1.85. The summed E-state index contributed by atoms with van der Waals surface area (Å²) in [6.07, 6.45) is 7.32. The van der Waals surface area contributed by atoms with E-state index < -0.39 is 0 Å². The van der Waals surface area contributed by atoms with Gasteiger partial charge in [-0.15, -0.1) is 0 Å². The highest BCUT2D eigenvalue weighted by Crippen LogP contribution is 2.26. The number of aromatic nitrogens is 2. The molecule has 2 fully saturated rings. The lowest BCUT2D eigenvalue weighted by molar-refractivity contribution is -0.138. The maximum atomic E-state index is 12.6. The Labute approximate surface area is 137 Å². The van der Waals surface area contributed by atoms with E-state index >= 15 is 0 Å². The number of amides is 2. The lowest BCUT2D eigenvalue weighted by atomic mass is 9.88. The molecule has 23 heavy (non-hydrogen) atoms. The average Bonchev–Trinajstić information content (AvgIpc) is 2.94. The Morgan fingerprint density at radius 3 is 2.22 bits per heavy atom. The van der Waals surface area contributed by atoms with Crippen LogP contribution in [0.4, 0.5) is 0 Å². The van der Waals surface area contributed by atoms with Crippen molar-refractivity contribution in [1.82, 2.24) is 19.6 Å². The summed E-state index contributed by atoms with van der Waals surface area (Å²) in [5, 5.41) is 4.14. The normalized spacial score (nSPS) is 19.9.